The van der Waals surface area contributed by atoms with Gasteiger partial charge in [-0.3, -0.25) is 15.1 Å². The summed E-state index contributed by atoms with van der Waals surface area (Å²) in [6.45, 7) is 1.86. The lowest BCUT2D eigenvalue weighted by Gasteiger charge is -2.13. The van der Waals surface area contributed by atoms with Crippen molar-refractivity contribution in [1.29, 1.82) is 0 Å². The van der Waals surface area contributed by atoms with Gasteiger partial charge in [-0.15, -0.1) is 11.8 Å². The summed E-state index contributed by atoms with van der Waals surface area (Å²) in [4.78, 5) is 27.2. The maximum absolute atomic E-state index is 13.1. The van der Waals surface area contributed by atoms with Gasteiger partial charge in [-0.25, -0.2) is 9.97 Å². The van der Waals surface area contributed by atoms with Crippen molar-refractivity contribution in [2.75, 3.05) is 18.7 Å². The third kappa shape index (κ3) is 4.12. The first-order valence-corrected chi connectivity index (χ1v) is 11.3. The average Bonchev–Trinajstić information content (AvgIpc) is 3.14. The van der Waals surface area contributed by atoms with E-state index in [9.17, 15) is 4.79 Å². The lowest BCUT2D eigenvalue weighted by atomic mass is 10.0. The predicted octanol–water partition coefficient (Wildman–Crippen LogP) is 5.70. The van der Waals surface area contributed by atoms with Gasteiger partial charge in [-0.2, -0.15) is 0 Å². The van der Waals surface area contributed by atoms with E-state index in [1.807, 2.05) is 31.4 Å². The van der Waals surface area contributed by atoms with Gasteiger partial charge in [-0.05, 0) is 43.5 Å². The number of nitrogens with one attached hydrogen (secondary N) is 1. The van der Waals surface area contributed by atoms with Gasteiger partial charge in [0.1, 0.15) is 10.9 Å². The Morgan fingerprint density at radius 2 is 2.00 bits per heavy atom. The first-order valence-electron chi connectivity index (χ1n) is 8.91. The molecule has 1 aromatic carbocycles. The average molecular weight is 457 g/mol. The topological polar surface area (TPSA) is 77.0 Å². The van der Waals surface area contributed by atoms with Crippen LogP contribution in [-0.4, -0.2) is 34.2 Å². The maximum Gasteiger partial charge on any atom is 0.259 e. The number of aryl methyl sites for hydroxylation is 1. The number of rotatable bonds is 5. The molecule has 9 heteroatoms. The predicted molar refractivity (Wildman–Crippen MR) is 123 cm³/mol. The first kappa shape index (κ1) is 20.6. The van der Waals surface area contributed by atoms with Gasteiger partial charge in [0.15, 0.2) is 5.13 Å². The van der Waals surface area contributed by atoms with E-state index in [1.165, 1.54) is 17.5 Å². The van der Waals surface area contributed by atoms with Gasteiger partial charge < -0.3 is 4.74 Å². The molecule has 0 bridgehead atoms. The van der Waals surface area contributed by atoms with Crippen LogP contribution in [0.3, 0.4) is 0 Å². The zero-order chi connectivity index (χ0) is 21.3. The molecule has 0 aliphatic heterocycles. The van der Waals surface area contributed by atoms with E-state index >= 15 is 0 Å². The fourth-order valence-corrected chi connectivity index (χ4v) is 4.58. The van der Waals surface area contributed by atoms with Gasteiger partial charge >= 0.3 is 0 Å². The Morgan fingerprint density at radius 1 is 1.17 bits per heavy atom. The number of carbonyl (C=O) groups excluding carboxylic acids is 1. The highest BCUT2D eigenvalue weighted by atomic mass is 35.5. The van der Waals surface area contributed by atoms with Crippen LogP contribution < -0.4 is 10.1 Å². The van der Waals surface area contributed by atoms with Gasteiger partial charge in [0, 0.05) is 27.9 Å². The van der Waals surface area contributed by atoms with Gasteiger partial charge in [0.2, 0.25) is 0 Å². The summed E-state index contributed by atoms with van der Waals surface area (Å²) in [6.07, 6.45) is 5.11. The van der Waals surface area contributed by atoms with Crippen LogP contribution in [0.4, 0.5) is 5.13 Å². The maximum atomic E-state index is 13.1. The molecule has 3 heterocycles. The third-order valence-electron chi connectivity index (χ3n) is 4.45. The number of nitrogens with zero attached hydrogens (tertiary/aromatic N) is 3. The number of anilines is 1. The van der Waals surface area contributed by atoms with Crippen molar-refractivity contribution >= 4 is 56.0 Å². The van der Waals surface area contributed by atoms with Crippen LogP contribution in [0.15, 0.2) is 47.6 Å². The zero-order valence-electron chi connectivity index (χ0n) is 16.4. The summed E-state index contributed by atoms with van der Waals surface area (Å²) < 4.78 is 6.44. The quantitative estimate of drug-likeness (QED) is 0.306. The molecule has 0 aliphatic carbocycles. The Kier molecular flexibility index (Phi) is 5.90. The first-order chi connectivity index (χ1) is 14.5. The number of benzene rings is 1. The van der Waals surface area contributed by atoms with Crippen molar-refractivity contribution in [3.05, 3.63) is 59.1 Å². The molecule has 4 rings (SSSR count). The van der Waals surface area contributed by atoms with Gasteiger partial charge in [-0.1, -0.05) is 22.9 Å². The Morgan fingerprint density at radius 3 is 2.77 bits per heavy atom. The number of amides is 1. The van der Waals surface area contributed by atoms with E-state index in [-0.39, 0.29) is 5.91 Å². The highest BCUT2D eigenvalue weighted by Gasteiger charge is 2.19. The summed E-state index contributed by atoms with van der Waals surface area (Å²) in [7, 11) is 1.55. The number of ether oxygens (including phenoxy) is 1. The number of methoxy groups -OCH3 is 1. The molecule has 4 aromatic rings. The van der Waals surface area contributed by atoms with E-state index in [0.717, 1.165) is 20.8 Å². The van der Waals surface area contributed by atoms with Gasteiger partial charge in [0.05, 0.1) is 29.1 Å². The highest BCUT2D eigenvalue weighted by molar-refractivity contribution is 7.98. The van der Waals surface area contributed by atoms with E-state index in [4.69, 9.17) is 16.3 Å². The van der Waals surface area contributed by atoms with Gasteiger partial charge in [0.25, 0.3) is 5.91 Å². The lowest BCUT2D eigenvalue weighted by Crippen LogP contribution is -2.14. The SMILES string of the molecule is COc1cnc(Cl)cc1-c1cc(C)ncc1C(=O)Nc1nc2ccc(SC)cc2s1. The van der Waals surface area contributed by atoms with Crippen molar-refractivity contribution < 1.29 is 9.53 Å². The summed E-state index contributed by atoms with van der Waals surface area (Å²) in [5, 5.41) is 3.73. The molecule has 6 nitrogen and oxygen atoms in total. The normalized spacial score (nSPS) is 10.9. The third-order valence-corrected chi connectivity index (χ3v) is 6.31. The Labute approximate surface area is 186 Å². The second kappa shape index (κ2) is 8.59. The number of hydrogen-bond acceptors (Lipinski definition) is 7. The minimum atomic E-state index is -0.309. The second-order valence-electron chi connectivity index (χ2n) is 6.39. The van der Waals surface area contributed by atoms with Crippen molar-refractivity contribution in [3.63, 3.8) is 0 Å². The number of hydrogen-bond donors (Lipinski definition) is 1. The van der Waals surface area contributed by atoms with E-state index in [2.05, 4.69) is 26.3 Å². The Balaban J connectivity index is 1.73. The molecule has 0 unspecified atom stereocenters. The van der Waals surface area contributed by atoms with Crippen LogP contribution in [0.25, 0.3) is 21.3 Å². The molecular weight excluding hydrogens is 440 g/mol. The summed E-state index contributed by atoms with van der Waals surface area (Å²) in [6, 6.07) is 9.53. The summed E-state index contributed by atoms with van der Waals surface area (Å²) >= 11 is 9.20. The van der Waals surface area contributed by atoms with Crippen molar-refractivity contribution in [3.8, 4) is 16.9 Å². The number of thioether (sulfide) groups is 1. The fourth-order valence-electron chi connectivity index (χ4n) is 3.00. The number of halogens is 1. The number of aromatic nitrogens is 3. The van der Waals surface area contributed by atoms with E-state index < -0.39 is 0 Å². The van der Waals surface area contributed by atoms with Crippen LogP contribution >= 0.6 is 34.7 Å². The van der Waals surface area contributed by atoms with Crippen LogP contribution in [0.1, 0.15) is 16.1 Å². The van der Waals surface area contributed by atoms with Crippen LogP contribution in [0, 0.1) is 6.92 Å². The highest BCUT2D eigenvalue weighted by Crippen LogP contribution is 2.35. The standard InChI is InChI=1S/C21H17ClN4O2S2/c1-11-6-13(14-8-19(22)24-10-17(14)28-2)15(9-23-11)20(27)26-21-25-16-5-4-12(29-3)7-18(16)30-21/h4-10H,1-3H3,(H,25,26,27). The van der Waals surface area contributed by atoms with Crippen molar-refractivity contribution in [1.82, 2.24) is 15.0 Å². The monoisotopic (exact) mass is 456 g/mol. The molecule has 0 saturated carbocycles. The van der Waals surface area contributed by atoms with Crippen LogP contribution in [0.2, 0.25) is 5.15 Å². The van der Waals surface area contributed by atoms with Crippen molar-refractivity contribution in [2.24, 2.45) is 0 Å². The molecule has 30 heavy (non-hydrogen) atoms. The molecule has 3 aromatic heterocycles. The lowest BCUT2D eigenvalue weighted by molar-refractivity contribution is 0.102. The molecule has 0 fully saturated rings. The summed E-state index contributed by atoms with van der Waals surface area (Å²) in [5.41, 5.74) is 3.33. The molecule has 0 radical (unpaired) electrons. The molecule has 0 saturated heterocycles. The molecule has 1 amide bonds. The minimum Gasteiger partial charge on any atom is -0.494 e. The van der Waals surface area contributed by atoms with Crippen LogP contribution in [0.5, 0.6) is 5.75 Å². The number of pyridine rings is 2. The second-order valence-corrected chi connectivity index (χ2v) is 8.68. The zero-order valence-corrected chi connectivity index (χ0v) is 18.8. The number of carbonyl (C=O) groups is 1. The molecular formula is C21H17ClN4O2S2. The summed E-state index contributed by atoms with van der Waals surface area (Å²) in [5.74, 6) is 0.209. The smallest absolute Gasteiger partial charge is 0.259 e. The number of fused-ring (bicyclic) bond motifs is 1. The molecule has 1 N–H and O–H groups in total. The molecule has 0 atom stereocenters. The van der Waals surface area contributed by atoms with Crippen LogP contribution in [-0.2, 0) is 0 Å². The Bertz CT molecular complexity index is 1260. The van der Waals surface area contributed by atoms with E-state index in [1.54, 1.807) is 31.1 Å². The molecule has 152 valence electrons. The largest absolute Gasteiger partial charge is 0.494 e. The Hall–Kier alpha value is -2.68. The molecule has 0 spiro atoms. The number of thiazole rings is 1. The van der Waals surface area contributed by atoms with E-state index in [0.29, 0.717) is 32.7 Å². The molecule has 0 aliphatic rings. The van der Waals surface area contributed by atoms with Crippen molar-refractivity contribution in [2.45, 2.75) is 11.8 Å². The minimum absolute atomic E-state index is 0.308. The fraction of sp³-hybridized carbons (Fsp3) is 0.143.